The number of amides is 1. The van der Waals surface area contributed by atoms with Gasteiger partial charge in [-0.15, -0.1) is 0 Å². The summed E-state index contributed by atoms with van der Waals surface area (Å²) in [6.45, 7) is 4.58. The topological polar surface area (TPSA) is 216 Å². The number of H-pyrrole nitrogens is 2. The normalized spacial score (nSPS) is 21.2. The van der Waals surface area contributed by atoms with Crippen molar-refractivity contribution in [3.8, 4) is 0 Å². The minimum atomic E-state index is -4.59. The third-order valence-corrected chi connectivity index (χ3v) is 7.58. The van der Waals surface area contributed by atoms with Gasteiger partial charge in [-0.25, -0.2) is 14.4 Å². The summed E-state index contributed by atoms with van der Waals surface area (Å²) in [5.74, 6) is -0.491. The van der Waals surface area contributed by atoms with Gasteiger partial charge in [0.1, 0.15) is 12.3 Å². The van der Waals surface area contributed by atoms with Crippen molar-refractivity contribution < 1.29 is 23.5 Å². The zero-order valence-corrected chi connectivity index (χ0v) is 23.0. The maximum Gasteiger partial charge on any atom is 0.403 e. The summed E-state index contributed by atoms with van der Waals surface area (Å²) in [5, 5.41) is 9.75. The van der Waals surface area contributed by atoms with Crippen LogP contribution in [0, 0.1) is 6.92 Å². The Morgan fingerprint density at radius 3 is 2.85 bits per heavy atom. The Hall–Kier alpha value is -3.71. The van der Waals surface area contributed by atoms with E-state index in [1.807, 2.05) is 24.3 Å². The second kappa shape index (κ2) is 12.2. The minimum Gasteiger partial charge on any atom is -0.361 e. The summed E-state index contributed by atoms with van der Waals surface area (Å²) in [6.07, 6.45) is 1.32. The maximum absolute atomic E-state index is 13.1. The smallest absolute Gasteiger partial charge is 0.361 e. The zero-order chi connectivity index (χ0) is 29.0. The number of nitrogens with one attached hydrogen (secondary N) is 4. The van der Waals surface area contributed by atoms with Crippen molar-refractivity contribution in [3.05, 3.63) is 79.1 Å². The number of aryl methyl sites for hydroxylation is 1. The number of azide groups is 1. The van der Waals surface area contributed by atoms with Gasteiger partial charge in [-0.3, -0.25) is 23.7 Å². The van der Waals surface area contributed by atoms with Crippen LogP contribution in [0.5, 0.6) is 0 Å². The van der Waals surface area contributed by atoms with Crippen molar-refractivity contribution in [2.75, 3.05) is 6.61 Å². The van der Waals surface area contributed by atoms with Crippen LogP contribution < -0.4 is 21.7 Å². The third kappa shape index (κ3) is 6.89. The fraction of sp³-hybridized carbons (Fsp3) is 0.458. The van der Waals surface area contributed by atoms with Crippen LogP contribution in [0.25, 0.3) is 21.3 Å². The highest BCUT2D eigenvalue weighted by atomic mass is 31.2. The Morgan fingerprint density at radius 2 is 2.12 bits per heavy atom. The van der Waals surface area contributed by atoms with E-state index in [1.165, 1.54) is 13.1 Å². The lowest BCUT2D eigenvalue weighted by molar-refractivity contribution is -0.123. The molecular weight excluding hydrogens is 543 g/mol. The number of aromatic amines is 2. The van der Waals surface area contributed by atoms with Gasteiger partial charge in [0, 0.05) is 46.2 Å². The largest absolute Gasteiger partial charge is 0.403 e. The molecule has 1 aliphatic rings. The molecule has 1 aromatic carbocycles. The van der Waals surface area contributed by atoms with E-state index in [4.69, 9.17) is 14.8 Å². The number of fused-ring (bicyclic) bond motifs is 1. The van der Waals surface area contributed by atoms with Crippen LogP contribution in [0.15, 0.2) is 51.4 Å². The summed E-state index contributed by atoms with van der Waals surface area (Å²) in [6, 6.07) is 5.32. The highest BCUT2D eigenvalue weighted by Crippen LogP contribution is 2.40. The lowest BCUT2D eigenvalue weighted by atomic mass is 10.0. The number of nitrogens with zero attached hydrogens (tertiary/aromatic N) is 4. The molecule has 0 bridgehead atoms. The SMILES string of the molecule is Cc1cn(C2CC(N=[N+]=[N-])[C@@H](COP(=O)(O)N[C@@H](Cc3c[nH]c4ccccc34)C(=O)NC(C)C)O2)c(=O)[nH]c1=O. The predicted octanol–water partition coefficient (Wildman–Crippen LogP) is 2.14. The lowest BCUT2D eigenvalue weighted by Crippen LogP contribution is -2.46. The number of rotatable bonds is 11. The van der Waals surface area contributed by atoms with Crippen molar-refractivity contribution in [1.29, 1.82) is 0 Å². The van der Waals surface area contributed by atoms with Crippen molar-refractivity contribution in [3.63, 3.8) is 0 Å². The van der Waals surface area contributed by atoms with Gasteiger partial charge in [0.2, 0.25) is 5.91 Å². The molecule has 3 unspecified atom stereocenters. The number of carbonyl (C=O) groups is 1. The van der Waals surface area contributed by atoms with Crippen LogP contribution in [0.3, 0.4) is 0 Å². The molecule has 214 valence electrons. The zero-order valence-electron chi connectivity index (χ0n) is 22.1. The van der Waals surface area contributed by atoms with Crippen molar-refractivity contribution in [2.45, 2.75) is 64.1 Å². The highest BCUT2D eigenvalue weighted by molar-refractivity contribution is 7.50. The fourth-order valence-corrected chi connectivity index (χ4v) is 5.56. The number of ether oxygens (including phenoxy) is 1. The Kier molecular flexibility index (Phi) is 8.94. The highest BCUT2D eigenvalue weighted by Gasteiger charge is 2.39. The predicted molar refractivity (Wildman–Crippen MR) is 146 cm³/mol. The second-order valence-corrected chi connectivity index (χ2v) is 11.4. The molecule has 1 saturated heterocycles. The molecule has 1 fully saturated rings. The molecule has 4 rings (SSSR count). The summed E-state index contributed by atoms with van der Waals surface area (Å²) in [4.78, 5) is 55.7. The van der Waals surface area contributed by atoms with Crippen LogP contribution in [-0.4, -0.2) is 56.2 Å². The molecule has 15 nitrogen and oxygen atoms in total. The quantitative estimate of drug-likeness (QED) is 0.0986. The number of benzene rings is 1. The molecule has 16 heteroatoms. The van der Waals surface area contributed by atoms with Crippen LogP contribution in [-0.2, 0) is 25.0 Å². The Morgan fingerprint density at radius 1 is 1.38 bits per heavy atom. The number of hydrogen-bond acceptors (Lipinski definition) is 7. The number of carbonyl (C=O) groups excluding carboxylic acids is 1. The molecule has 3 heterocycles. The fourth-order valence-electron chi connectivity index (χ4n) is 4.53. The molecular formula is C24H31N8O7P. The van der Waals surface area contributed by atoms with Crippen LogP contribution in [0.2, 0.25) is 0 Å². The minimum absolute atomic E-state index is 0.0621. The van der Waals surface area contributed by atoms with Crippen molar-refractivity contribution in [1.82, 2.24) is 24.9 Å². The second-order valence-electron chi connectivity index (χ2n) is 9.84. The molecule has 0 spiro atoms. The number of hydrogen-bond donors (Lipinski definition) is 5. The van der Waals surface area contributed by atoms with Crippen molar-refractivity contribution >= 4 is 24.6 Å². The van der Waals surface area contributed by atoms with E-state index in [0.717, 1.165) is 21.0 Å². The van der Waals surface area contributed by atoms with E-state index in [1.54, 1.807) is 20.0 Å². The standard InChI is InChI=1S/C24H31N8O7P/c1-13(2)27-23(34)19(8-15-10-26-17-7-5-4-6-16(15)17)30-40(36,37)38-12-20-18(29-31-25)9-21(39-20)32-11-14(3)22(33)28-24(32)35/h4-7,10-11,13,18-21,26H,8-9,12H2,1-3H3,(H,27,34)(H,28,33,35)(H2,30,36,37)/t18?,19-,20+,21?/m0/s1. The molecule has 3 aromatic rings. The van der Waals surface area contributed by atoms with Gasteiger partial charge in [-0.2, -0.15) is 0 Å². The van der Waals surface area contributed by atoms with E-state index >= 15 is 0 Å². The van der Waals surface area contributed by atoms with Crippen LogP contribution in [0.4, 0.5) is 0 Å². The molecule has 0 aliphatic carbocycles. The molecule has 5 N–H and O–H groups in total. The van der Waals surface area contributed by atoms with Crippen LogP contribution in [0.1, 0.15) is 37.6 Å². The first kappa shape index (κ1) is 29.3. The van der Waals surface area contributed by atoms with Crippen molar-refractivity contribution in [2.24, 2.45) is 5.11 Å². The van der Waals surface area contributed by atoms with E-state index < -0.39 is 55.9 Å². The van der Waals surface area contributed by atoms with E-state index in [2.05, 4.69) is 30.4 Å². The van der Waals surface area contributed by atoms with Gasteiger partial charge >= 0.3 is 13.4 Å². The molecule has 2 aromatic heterocycles. The molecule has 1 aliphatic heterocycles. The van der Waals surface area contributed by atoms with Gasteiger partial charge in [0.25, 0.3) is 5.56 Å². The van der Waals surface area contributed by atoms with Gasteiger partial charge in [-0.05, 0) is 44.4 Å². The number of aromatic nitrogens is 3. The molecule has 40 heavy (non-hydrogen) atoms. The average Bonchev–Trinajstić information content (AvgIpc) is 3.48. The summed E-state index contributed by atoms with van der Waals surface area (Å²) < 4.78 is 25.4. The van der Waals surface area contributed by atoms with Gasteiger partial charge in [0.05, 0.1) is 18.8 Å². The first-order valence-corrected chi connectivity index (χ1v) is 14.2. The summed E-state index contributed by atoms with van der Waals surface area (Å²) in [5.41, 5.74) is 9.63. The summed E-state index contributed by atoms with van der Waals surface area (Å²) >= 11 is 0. The number of para-hydroxylation sites is 1. The third-order valence-electron chi connectivity index (χ3n) is 6.44. The Balaban J connectivity index is 1.49. The molecule has 5 atom stereocenters. The first-order chi connectivity index (χ1) is 19.0. The molecule has 0 saturated carbocycles. The monoisotopic (exact) mass is 574 g/mol. The molecule has 0 radical (unpaired) electrons. The van der Waals surface area contributed by atoms with E-state index in [0.29, 0.717) is 0 Å². The Bertz CT molecular complexity index is 1590. The van der Waals surface area contributed by atoms with E-state index in [-0.39, 0.29) is 24.4 Å². The van der Waals surface area contributed by atoms with Gasteiger partial charge in [-0.1, -0.05) is 23.3 Å². The molecule has 1 amide bonds. The lowest BCUT2D eigenvalue weighted by Gasteiger charge is -2.24. The van der Waals surface area contributed by atoms with E-state index in [9.17, 15) is 23.8 Å². The first-order valence-electron chi connectivity index (χ1n) is 12.6. The van der Waals surface area contributed by atoms with Gasteiger partial charge in [0.15, 0.2) is 0 Å². The summed E-state index contributed by atoms with van der Waals surface area (Å²) in [7, 11) is -4.59. The van der Waals surface area contributed by atoms with Gasteiger partial charge < -0.3 is 19.9 Å². The Labute approximate surface area is 228 Å². The average molecular weight is 575 g/mol. The van der Waals surface area contributed by atoms with Crippen LogP contribution >= 0.6 is 7.75 Å². The maximum atomic E-state index is 13.1.